The smallest absolute Gasteiger partial charge is 0.333 e. The van der Waals surface area contributed by atoms with Crippen LogP contribution in [0, 0.1) is 6.92 Å². The number of carbonyl (C=O) groups excluding carboxylic acids is 1. The predicted molar refractivity (Wildman–Crippen MR) is 143 cm³/mol. The molecule has 0 bridgehead atoms. The van der Waals surface area contributed by atoms with Crippen LogP contribution in [0.5, 0.6) is 5.75 Å². The van der Waals surface area contributed by atoms with E-state index in [1.165, 1.54) is 29.8 Å². The summed E-state index contributed by atoms with van der Waals surface area (Å²) in [5, 5.41) is 5.33. The molecule has 1 atom stereocenters. The first kappa shape index (κ1) is 26.4. The van der Waals surface area contributed by atoms with E-state index in [4.69, 9.17) is 15.2 Å². The maximum Gasteiger partial charge on any atom is 0.333 e. The van der Waals surface area contributed by atoms with Gasteiger partial charge in [-0.25, -0.2) is 14.0 Å². The number of ether oxygens (including phenoxy) is 2. The fourth-order valence-corrected chi connectivity index (χ4v) is 5.59. The van der Waals surface area contributed by atoms with Crippen molar-refractivity contribution in [3.63, 3.8) is 0 Å². The van der Waals surface area contributed by atoms with Gasteiger partial charge in [-0.2, -0.15) is 5.10 Å². The first-order valence-corrected chi connectivity index (χ1v) is 12.7. The maximum atomic E-state index is 14.0. The van der Waals surface area contributed by atoms with Gasteiger partial charge in [0.2, 0.25) is 5.91 Å². The Bertz CT molecular complexity index is 1560. The third-order valence-corrected chi connectivity index (χ3v) is 7.64. The van der Waals surface area contributed by atoms with Crippen molar-refractivity contribution in [2.24, 2.45) is 5.73 Å². The summed E-state index contributed by atoms with van der Waals surface area (Å²) in [6, 6.07) is 9.21. The van der Waals surface area contributed by atoms with E-state index in [0.29, 0.717) is 26.5 Å². The van der Waals surface area contributed by atoms with Gasteiger partial charge in [0.25, 0.3) is 5.56 Å². The highest BCUT2D eigenvalue weighted by atomic mass is 32.1. The van der Waals surface area contributed by atoms with Crippen LogP contribution in [0.4, 0.5) is 0 Å². The zero-order chi connectivity index (χ0) is 27.1. The number of benzene rings is 1. The summed E-state index contributed by atoms with van der Waals surface area (Å²) >= 11 is 1.28. The van der Waals surface area contributed by atoms with Crippen molar-refractivity contribution >= 4 is 27.5 Å². The number of aromatic nitrogens is 4. The van der Waals surface area contributed by atoms with Crippen molar-refractivity contribution in [1.82, 2.24) is 18.9 Å². The van der Waals surface area contributed by atoms with Crippen LogP contribution in [0.25, 0.3) is 15.2 Å². The van der Waals surface area contributed by atoms with Gasteiger partial charge in [-0.05, 0) is 46.8 Å². The number of amides is 1. The highest BCUT2D eigenvalue weighted by Gasteiger charge is 2.34. The molecule has 10 nitrogen and oxygen atoms in total. The Labute approximate surface area is 217 Å². The van der Waals surface area contributed by atoms with Crippen LogP contribution in [-0.4, -0.2) is 38.0 Å². The Morgan fingerprint density at radius 2 is 1.89 bits per heavy atom. The summed E-state index contributed by atoms with van der Waals surface area (Å²) < 4.78 is 15.9. The fraction of sp³-hybridized carbons (Fsp3) is 0.385. The molecule has 0 fully saturated rings. The van der Waals surface area contributed by atoms with Gasteiger partial charge in [0.15, 0.2) is 0 Å². The van der Waals surface area contributed by atoms with Crippen LogP contribution in [-0.2, 0) is 21.6 Å². The Morgan fingerprint density at radius 3 is 2.49 bits per heavy atom. The van der Waals surface area contributed by atoms with Crippen molar-refractivity contribution in [2.75, 3.05) is 7.11 Å². The number of fused-ring (bicyclic) bond motifs is 1. The fourth-order valence-electron chi connectivity index (χ4n) is 4.35. The minimum absolute atomic E-state index is 0.0709. The Kier molecular flexibility index (Phi) is 7.11. The summed E-state index contributed by atoms with van der Waals surface area (Å²) in [6.07, 6.45) is 2.65. The molecule has 0 aliphatic rings. The number of methoxy groups -OCH3 is 1. The van der Waals surface area contributed by atoms with Gasteiger partial charge < -0.3 is 15.2 Å². The lowest BCUT2D eigenvalue weighted by Gasteiger charge is -2.27. The van der Waals surface area contributed by atoms with E-state index in [9.17, 15) is 14.4 Å². The largest absolute Gasteiger partial charge is 0.496 e. The number of rotatable bonds is 9. The lowest BCUT2D eigenvalue weighted by Crippen LogP contribution is -2.54. The van der Waals surface area contributed by atoms with E-state index in [-0.39, 0.29) is 12.6 Å². The second-order valence-electron chi connectivity index (χ2n) is 9.54. The molecule has 0 spiro atoms. The second kappa shape index (κ2) is 9.98. The molecular weight excluding hydrogens is 494 g/mol. The monoisotopic (exact) mass is 525 g/mol. The zero-order valence-electron chi connectivity index (χ0n) is 21.7. The SMILES string of the molecule is COc1ccccc1C(Cn1c(=O)n(C(C)(C)C(N)=O)c(=O)c2c(C)c(-n3cccn3)sc21)OC(C)C. The zero-order valence-corrected chi connectivity index (χ0v) is 22.5. The van der Waals surface area contributed by atoms with Crippen molar-refractivity contribution in [2.45, 2.75) is 58.9 Å². The summed E-state index contributed by atoms with van der Waals surface area (Å²) in [6.45, 7) is 8.61. The molecule has 0 saturated carbocycles. The summed E-state index contributed by atoms with van der Waals surface area (Å²) in [4.78, 5) is 40.6. The Balaban J connectivity index is 2.06. The van der Waals surface area contributed by atoms with Crippen LogP contribution in [0.1, 0.15) is 44.9 Å². The van der Waals surface area contributed by atoms with Gasteiger partial charge in [-0.1, -0.05) is 29.5 Å². The van der Waals surface area contributed by atoms with Crippen LogP contribution in [0.15, 0.2) is 52.3 Å². The number of hydrogen-bond donors (Lipinski definition) is 1. The molecular formula is C26H31N5O5S. The maximum absolute atomic E-state index is 14.0. The minimum Gasteiger partial charge on any atom is -0.496 e. The number of hydrogen-bond acceptors (Lipinski definition) is 7. The Hall–Kier alpha value is -3.70. The van der Waals surface area contributed by atoms with Gasteiger partial charge in [0.05, 0.1) is 25.1 Å². The summed E-state index contributed by atoms with van der Waals surface area (Å²) in [5.41, 5.74) is 4.26. The highest BCUT2D eigenvalue weighted by molar-refractivity contribution is 7.21. The van der Waals surface area contributed by atoms with Gasteiger partial charge in [0, 0.05) is 23.5 Å². The summed E-state index contributed by atoms with van der Waals surface area (Å²) in [7, 11) is 1.57. The second-order valence-corrected chi connectivity index (χ2v) is 10.5. The molecule has 0 saturated heterocycles. The standard InChI is InChI=1S/C26H31N5O5S/c1-15(2)36-19(17-10-7-8-11-18(17)35-6)14-29-23-20(16(3)22(37-23)30-13-9-12-28-30)21(32)31(25(29)34)26(4,5)24(27)33/h7-13,15,19H,14H2,1-6H3,(H2,27,33). The van der Waals surface area contributed by atoms with Crippen molar-refractivity contribution in [3.8, 4) is 10.8 Å². The highest BCUT2D eigenvalue weighted by Crippen LogP contribution is 2.34. The van der Waals surface area contributed by atoms with Gasteiger partial charge in [-0.3, -0.25) is 14.2 Å². The molecule has 4 rings (SSSR count). The molecule has 3 heterocycles. The van der Waals surface area contributed by atoms with Crippen molar-refractivity contribution < 1.29 is 14.3 Å². The average molecular weight is 526 g/mol. The van der Waals surface area contributed by atoms with E-state index < -0.39 is 28.8 Å². The molecule has 1 amide bonds. The number of thiophene rings is 1. The quantitative estimate of drug-likeness (QED) is 0.358. The lowest BCUT2D eigenvalue weighted by atomic mass is 10.0. The molecule has 0 aliphatic carbocycles. The molecule has 37 heavy (non-hydrogen) atoms. The molecule has 1 unspecified atom stereocenters. The molecule has 196 valence electrons. The lowest BCUT2D eigenvalue weighted by molar-refractivity contribution is -0.125. The Morgan fingerprint density at radius 1 is 1.19 bits per heavy atom. The molecule has 2 N–H and O–H groups in total. The van der Waals surface area contributed by atoms with Gasteiger partial charge in [0.1, 0.15) is 27.2 Å². The van der Waals surface area contributed by atoms with E-state index in [1.54, 1.807) is 37.2 Å². The molecule has 4 aromatic rings. The number of primary amides is 1. The molecule has 1 aromatic carbocycles. The minimum atomic E-state index is -1.57. The van der Waals surface area contributed by atoms with E-state index in [1.807, 2.05) is 38.1 Å². The molecule has 0 aliphatic heterocycles. The van der Waals surface area contributed by atoms with E-state index in [2.05, 4.69) is 5.10 Å². The van der Waals surface area contributed by atoms with Gasteiger partial charge in [-0.15, -0.1) is 0 Å². The predicted octanol–water partition coefficient (Wildman–Crippen LogP) is 3.11. The van der Waals surface area contributed by atoms with E-state index >= 15 is 0 Å². The average Bonchev–Trinajstić information content (AvgIpc) is 3.48. The number of nitrogens with zero attached hydrogens (tertiary/aromatic N) is 4. The topological polar surface area (TPSA) is 123 Å². The number of aryl methyl sites for hydroxylation is 1. The van der Waals surface area contributed by atoms with Crippen molar-refractivity contribution in [3.05, 3.63) is 74.7 Å². The number of carbonyl (C=O) groups is 1. The first-order valence-electron chi connectivity index (χ1n) is 11.9. The van der Waals surface area contributed by atoms with Crippen LogP contribution in [0.3, 0.4) is 0 Å². The van der Waals surface area contributed by atoms with E-state index in [0.717, 1.165) is 10.1 Å². The normalized spacial score (nSPS) is 12.8. The molecule has 3 aromatic heterocycles. The third kappa shape index (κ3) is 4.60. The third-order valence-electron chi connectivity index (χ3n) is 6.33. The van der Waals surface area contributed by atoms with Gasteiger partial charge >= 0.3 is 5.69 Å². The van der Waals surface area contributed by atoms with Crippen LogP contribution >= 0.6 is 11.3 Å². The molecule has 0 radical (unpaired) electrons. The van der Waals surface area contributed by atoms with Crippen LogP contribution in [0.2, 0.25) is 0 Å². The van der Waals surface area contributed by atoms with Crippen molar-refractivity contribution in [1.29, 1.82) is 0 Å². The van der Waals surface area contributed by atoms with Crippen LogP contribution < -0.4 is 21.7 Å². The number of nitrogens with two attached hydrogens (primary N) is 1. The number of para-hydroxylation sites is 1. The first-order chi connectivity index (χ1) is 17.5. The summed E-state index contributed by atoms with van der Waals surface area (Å²) in [5.74, 6) is -0.180. The molecule has 11 heteroatoms.